The van der Waals surface area contributed by atoms with E-state index < -0.39 is 17.5 Å². The first-order valence-corrected chi connectivity index (χ1v) is 12.4. The van der Waals surface area contributed by atoms with Gasteiger partial charge in [0.1, 0.15) is 0 Å². The summed E-state index contributed by atoms with van der Waals surface area (Å²) in [6, 6.07) is 21.5. The second-order valence-electron chi connectivity index (χ2n) is 9.07. The van der Waals surface area contributed by atoms with E-state index in [4.69, 9.17) is 14.9 Å². The van der Waals surface area contributed by atoms with E-state index in [1.807, 2.05) is 6.92 Å². The molecule has 0 radical (unpaired) electrons. The van der Waals surface area contributed by atoms with Gasteiger partial charge in [-0.1, -0.05) is 67.2 Å². The fourth-order valence-electron chi connectivity index (χ4n) is 4.84. The Balaban J connectivity index is 0.000000414. The van der Waals surface area contributed by atoms with Crippen molar-refractivity contribution in [3.63, 3.8) is 0 Å². The molecule has 2 aliphatic heterocycles. The number of carboxylic acids is 2. The zero-order valence-corrected chi connectivity index (χ0v) is 21.1. The van der Waals surface area contributed by atoms with Gasteiger partial charge in [0.15, 0.2) is 5.60 Å². The lowest BCUT2D eigenvalue weighted by Crippen LogP contribution is -2.46. The van der Waals surface area contributed by atoms with Gasteiger partial charge < -0.3 is 19.8 Å². The summed E-state index contributed by atoms with van der Waals surface area (Å²) in [5, 5.41) is 15.6. The molecule has 2 aliphatic rings. The lowest BCUT2D eigenvalue weighted by molar-refractivity contribution is -0.134. The van der Waals surface area contributed by atoms with Gasteiger partial charge in [-0.3, -0.25) is 4.90 Å². The van der Waals surface area contributed by atoms with E-state index >= 15 is 0 Å². The lowest BCUT2D eigenvalue weighted by atomic mass is 9.86. The fraction of sp³-hybridized carbons (Fsp3) is 0.345. The molecule has 2 aromatic carbocycles. The quantitative estimate of drug-likeness (QED) is 0.498. The molecule has 0 aromatic heterocycles. The Morgan fingerprint density at radius 3 is 1.86 bits per heavy atom. The zero-order valence-electron chi connectivity index (χ0n) is 21.1. The highest BCUT2D eigenvalue weighted by Crippen LogP contribution is 2.40. The highest BCUT2D eigenvalue weighted by atomic mass is 16.6. The van der Waals surface area contributed by atoms with Crippen molar-refractivity contribution < 1.29 is 29.3 Å². The number of likely N-dealkylation sites (N-methyl/N-ethyl adjacent to an activating group) is 1. The molecule has 2 saturated heterocycles. The number of piperidine rings is 1. The summed E-state index contributed by atoms with van der Waals surface area (Å²) in [5.74, 6) is -2.12. The van der Waals surface area contributed by atoms with Crippen molar-refractivity contribution in [2.24, 2.45) is 0 Å². The van der Waals surface area contributed by atoms with Crippen LogP contribution in [0.1, 0.15) is 43.2 Å². The van der Waals surface area contributed by atoms with E-state index in [2.05, 4.69) is 72.1 Å². The number of likely N-dealkylation sites (tertiary alicyclic amines) is 1. The topological polar surface area (TPSA) is 107 Å². The van der Waals surface area contributed by atoms with E-state index in [1.165, 1.54) is 11.1 Å². The number of benzene rings is 2. The predicted molar refractivity (Wildman–Crippen MR) is 140 cm³/mol. The molecule has 2 fully saturated rings. The summed E-state index contributed by atoms with van der Waals surface area (Å²) in [5.41, 5.74) is 3.09. The SMILES string of the molecule is C=C1N(CC)C(=O)OC12CCN(CCC(c1ccccc1)c1ccccc1)CC2.O=C(O)/C=C/C(=O)O. The van der Waals surface area contributed by atoms with E-state index in [9.17, 15) is 14.4 Å². The zero-order chi connectivity index (χ0) is 26.8. The van der Waals surface area contributed by atoms with Gasteiger partial charge in [0, 0.05) is 50.5 Å². The van der Waals surface area contributed by atoms with Gasteiger partial charge in [-0.15, -0.1) is 0 Å². The minimum absolute atomic E-state index is 0.237. The van der Waals surface area contributed by atoms with Crippen LogP contribution < -0.4 is 0 Å². The molecule has 8 nitrogen and oxygen atoms in total. The average Bonchev–Trinajstić information content (AvgIpc) is 3.13. The summed E-state index contributed by atoms with van der Waals surface area (Å²) in [4.78, 5) is 35.4. The van der Waals surface area contributed by atoms with Crippen LogP contribution in [0.2, 0.25) is 0 Å². The molecule has 37 heavy (non-hydrogen) atoms. The second kappa shape index (κ2) is 12.9. The summed E-state index contributed by atoms with van der Waals surface area (Å²) in [6.07, 6.45) is 3.61. The van der Waals surface area contributed by atoms with Crippen LogP contribution in [0, 0.1) is 0 Å². The van der Waals surface area contributed by atoms with Crippen LogP contribution in [-0.2, 0) is 14.3 Å². The van der Waals surface area contributed by atoms with Crippen molar-refractivity contribution in [1.29, 1.82) is 0 Å². The third-order valence-corrected chi connectivity index (χ3v) is 6.84. The smallest absolute Gasteiger partial charge is 0.415 e. The average molecular weight is 507 g/mol. The maximum absolute atomic E-state index is 12.1. The van der Waals surface area contributed by atoms with Gasteiger partial charge in [0.05, 0.1) is 5.70 Å². The van der Waals surface area contributed by atoms with Gasteiger partial charge in [-0.05, 0) is 31.0 Å². The van der Waals surface area contributed by atoms with E-state index in [0.29, 0.717) is 24.6 Å². The molecule has 2 N–H and O–H groups in total. The maximum atomic E-state index is 12.1. The Labute approximate surface area is 217 Å². The van der Waals surface area contributed by atoms with Crippen molar-refractivity contribution in [2.75, 3.05) is 26.2 Å². The first kappa shape index (κ1) is 27.7. The van der Waals surface area contributed by atoms with Crippen molar-refractivity contribution in [1.82, 2.24) is 9.80 Å². The lowest BCUT2D eigenvalue weighted by Gasteiger charge is -2.38. The minimum atomic E-state index is -1.26. The molecule has 8 heteroatoms. The van der Waals surface area contributed by atoms with Crippen molar-refractivity contribution in [3.8, 4) is 0 Å². The van der Waals surface area contributed by atoms with Crippen LogP contribution in [0.25, 0.3) is 0 Å². The molecular formula is C29H34N2O6. The highest BCUT2D eigenvalue weighted by molar-refractivity contribution is 5.89. The number of rotatable bonds is 8. The summed E-state index contributed by atoms with van der Waals surface area (Å²) in [7, 11) is 0. The summed E-state index contributed by atoms with van der Waals surface area (Å²) in [6.45, 7) is 9.66. The normalized spacial score (nSPS) is 17.1. The third-order valence-electron chi connectivity index (χ3n) is 6.84. The molecule has 0 aliphatic carbocycles. The number of hydrogen-bond acceptors (Lipinski definition) is 5. The van der Waals surface area contributed by atoms with Crippen LogP contribution in [-0.4, -0.2) is 69.8 Å². The summed E-state index contributed by atoms with van der Waals surface area (Å²) >= 11 is 0. The Hall–Kier alpha value is -3.91. The van der Waals surface area contributed by atoms with Crippen LogP contribution in [0.15, 0.2) is 85.1 Å². The Morgan fingerprint density at radius 1 is 0.973 bits per heavy atom. The molecule has 0 bridgehead atoms. The van der Waals surface area contributed by atoms with Gasteiger partial charge in [-0.2, -0.15) is 0 Å². The Morgan fingerprint density at radius 2 is 1.46 bits per heavy atom. The number of carbonyl (C=O) groups excluding carboxylic acids is 1. The van der Waals surface area contributed by atoms with Crippen LogP contribution in [0.5, 0.6) is 0 Å². The minimum Gasteiger partial charge on any atom is -0.478 e. The number of carboxylic acid groups (broad SMARTS) is 2. The van der Waals surface area contributed by atoms with Gasteiger partial charge in [0.25, 0.3) is 0 Å². The van der Waals surface area contributed by atoms with Crippen LogP contribution >= 0.6 is 0 Å². The summed E-state index contributed by atoms with van der Waals surface area (Å²) < 4.78 is 5.78. The molecule has 4 rings (SSSR count). The molecule has 2 aromatic rings. The monoisotopic (exact) mass is 506 g/mol. The molecule has 2 heterocycles. The van der Waals surface area contributed by atoms with Crippen molar-refractivity contribution >= 4 is 18.0 Å². The molecule has 0 saturated carbocycles. The van der Waals surface area contributed by atoms with Gasteiger partial charge >= 0.3 is 18.0 Å². The molecule has 0 unspecified atom stereocenters. The van der Waals surface area contributed by atoms with Gasteiger partial charge in [-0.25, -0.2) is 14.4 Å². The third kappa shape index (κ3) is 7.30. The van der Waals surface area contributed by atoms with Crippen molar-refractivity contribution in [2.45, 2.75) is 37.7 Å². The number of aliphatic carboxylic acids is 2. The van der Waals surface area contributed by atoms with Gasteiger partial charge in [0.2, 0.25) is 0 Å². The molecule has 0 atom stereocenters. The van der Waals surface area contributed by atoms with E-state index in [1.54, 1.807) is 4.90 Å². The van der Waals surface area contributed by atoms with E-state index in [-0.39, 0.29) is 6.09 Å². The van der Waals surface area contributed by atoms with E-state index in [0.717, 1.165) is 44.6 Å². The number of amides is 1. The number of hydrogen-bond donors (Lipinski definition) is 2. The van der Waals surface area contributed by atoms with Crippen molar-refractivity contribution in [3.05, 3.63) is 96.2 Å². The standard InChI is InChI=1S/C25H30N2O2.C4H4O4/c1-3-27-20(2)25(29-24(27)28)15-18-26(19-16-25)17-14-23(21-10-6-4-7-11-21)22-12-8-5-9-13-22;5-3(6)1-2-4(7)8/h4-13,23H,2-3,14-19H2,1H3;1-2H,(H,5,6)(H,7,8)/b;2-1+. The molecule has 1 spiro atoms. The molecular weight excluding hydrogens is 472 g/mol. The maximum Gasteiger partial charge on any atom is 0.415 e. The Bertz CT molecular complexity index is 1050. The fourth-order valence-corrected chi connectivity index (χ4v) is 4.84. The highest BCUT2D eigenvalue weighted by Gasteiger charge is 2.49. The largest absolute Gasteiger partial charge is 0.478 e. The number of ether oxygens (including phenoxy) is 1. The molecule has 196 valence electrons. The number of nitrogens with zero attached hydrogens (tertiary/aromatic N) is 2. The number of carbonyl (C=O) groups is 3. The first-order valence-electron chi connectivity index (χ1n) is 12.4. The predicted octanol–water partition coefficient (Wildman–Crippen LogP) is 4.74. The molecule has 1 amide bonds. The Kier molecular flexibility index (Phi) is 9.63. The van der Waals surface area contributed by atoms with Crippen LogP contribution in [0.4, 0.5) is 4.79 Å². The first-order chi connectivity index (χ1) is 17.8. The van der Waals surface area contributed by atoms with Crippen LogP contribution in [0.3, 0.4) is 0 Å². The second-order valence-corrected chi connectivity index (χ2v) is 9.07.